The number of aryl methyl sites for hydroxylation is 3. The van der Waals surface area contributed by atoms with Crippen molar-refractivity contribution in [3.8, 4) is 33.5 Å². The summed E-state index contributed by atoms with van der Waals surface area (Å²) in [6, 6.07) is 29.6. The largest absolute Gasteiger partial charge is 0.290 e. The zero-order valence-corrected chi connectivity index (χ0v) is 19.6. The second-order valence-corrected chi connectivity index (χ2v) is 9.20. The lowest BCUT2D eigenvalue weighted by Crippen LogP contribution is -1.92. The Morgan fingerprint density at radius 3 is 1.76 bits per heavy atom. The molecule has 0 aliphatic carbocycles. The van der Waals surface area contributed by atoms with Gasteiger partial charge in [0.25, 0.3) is 0 Å². The van der Waals surface area contributed by atoms with Crippen molar-refractivity contribution in [3.63, 3.8) is 0 Å². The van der Waals surface area contributed by atoms with E-state index in [1.165, 1.54) is 27.8 Å². The highest BCUT2D eigenvalue weighted by Gasteiger charge is 2.27. The molecule has 3 heteroatoms. The molecule has 3 aromatic carbocycles. The first kappa shape index (κ1) is 20.0. The predicted octanol–water partition coefficient (Wildman–Crippen LogP) is 8.50. The fourth-order valence-electron chi connectivity index (χ4n) is 5.31. The summed E-state index contributed by atoms with van der Waals surface area (Å²) >= 11 is 6.89. The van der Waals surface area contributed by atoms with Crippen molar-refractivity contribution < 1.29 is 0 Å². The molecule has 2 nitrogen and oxygen atoms in total. The van der Waals surface area contributed by atoms with Crippen molar-refractivity contribution >= 4 is 28.3 Å². The number of pyridine rings is 1. The van der Waals surface area contributed by atoms with Gasteiger partial charge in [-0.15, -0.1) is 0 Å². The lowest BCUT2D eigenvalue weighted by atomic mass is 9.92. The Morgan fingerprint density at radius 2 is 1.18 bits per heavy atom. The first-order chi connectivity index (χ1) is 16.0. The van der Waals surface area contributed by atoms with Gasteiger partial charge in [-0.1, -0.05) is 90.0 Å². The van der Waals surface area contributed by atoms with Gasteiger partial charge in [0.2, 0.25) is 0 Å². The number of hydrogen-bond donors (Lipinski definition) is 0. The molecule has 0 atom stereocenters. The Kier molecular flexibility index (Phi) is 4.53. The van der Waals surface area contributed by atoms with Crippen LogP contribution in [0.2, 0.25) is 5.02 Å². The highest BCUT2D eigenvalue weighted by Crippen LogP contribution is 2.48. The molecule has 0 spiro atoms. The average molecular weight is 447 g/mol. The summed E-state index contributed by atoms with van der Waals surface area (Å²) in [5.41, 5.74) is 13.6. The van der Waals surface area contributed by atoms with E-state index in [1.54, 1.807) is 0 Å². The Morgan fingerprint density at radius 1 is 0.636 bits per heavy atom. The topological polar surface area (TPSA) is 17.3 Å². The van der Waals surface area contributed by atoms with Crippen LogP contribution in [0.25, 0.3) is 50.2 Å². The van der Waals surface area contributed by atoms with Crippen molar-refractivity contribution in [2.75, 3.05) is 0 Å². The molecule has 0 aliphatic heterocycles. The Bertz CT molecular complexity index is 1610. The third-order valence-electron chi connectivity index (χ3n) is 6.49. The molecule has 0 fully saturated rings. The Labute approximate surface area is 198 Å². The van der Waals surface area contributed by atoms with E-state index in [1.807, 2.05) is 12.1 Å². The number of aromatic nitrogens is 2. The number of halogens is 1. The first-order valence-electron chi connectivity index (χ1n) is 11.2. The van der Waals surface area contributed by atoms with E-state index >= 15 is 0 Å². The standard InChI is InChI=1S/C30H23ClN2/c1-18-16-19(2)25(20(3)17-18)28-30-27(22-12-8-5-9-13-22)26(21-10-6-4-7-11-21)29-23(31)14-15-24(32-28)33(29)30/h4-17H,1-3H3. The van der Waals surface area contributed by atoms with Gasteiger partial charge < -0.3 is 0 Å². The van der Waals surface area contributed by atoms with E-state index in [-0.39, 0.29) is 0 Å². The molecule has 0 aliphatic rings. The molecule has 0 radical (unpaired) electrons. The summed E-state index contributed by atoms with van der Waals surface area (Å²) in [6.45, 7) is 6.50. The SMILES string of the molecule is Cc1cc(C)c(-c2nc3ccc(Cl)c4c(-c5ccccc5)c(-c5ccccc5)c2n34)c(C)c1. The van der Waals surface area contributed by atoms with Crippen LogP contribution in [0.1, 0.15) is 16.7 Å². The summed E-state index contributed by atoms with van der Waals surface area (Å²) in [7, 11) is 0. The van der Waals surface area contributed by atoms with Gasteiger partial charge in [0.1, 0.15) is 5.65 Å². The number of rotatable bonds is 3. The van der Waals surface area contributed by atoms with Gasteiger partial charge in [-0.2, -0.15) is 0 Å². The maximum Gasteiger partial charge on any atom is 0.138 e. The minimum atomic E-state index is 0.731. The van der Waals surface area contributed by atoms with E-state index in [9.17, 15) is 0 Å². The third-order valence-corrected chi connectivity index (χ3v) is 6.80. The van der Waals surface area contributed by atoms with Gasteiger partial charge in [-0.25, -0.2) is 4.98 Å². The zero-order valence-electron chi connectivity index (χ0n) is 18.9. The van der Waals surface area contributed by atoms with Crippen LogP contribution in [-0.4, -0.2) is 9.38 Å². The highest BCUT2D eigenvalue weighted by molar-refractivity contribution is 6.36. The average Bonchev–Trinajstić information content (AvgIpc) is 3.35. The Balaban J connectivity index is 1.86. The monoisotopic (exact) mass is 446 g/mol. The molecule has 33 heavy (non-hydrogen) atoms. The normalized spacial score (nSPS) is 11.6. The van der Waals surface area contributed by atoms with Crippen molar-refractivity contribution in [2.45, 2.75) is 20.8 Å². The van der Waals surface area contributed by atoms with Crippen molar-refractivity contribution in [1.29, 1.82) is 0 Å². The summed E-state index contributed by atoms with van der Waals surface area (Å²) in [4.78, 5) is 5.16. The molecular formula is C30H23ClN2. The number of imidazole rings is 1. The van der Waals surface area contributed by atoms with Crippen LogP contribution >= 0.6 is 11.6 Å². The highest BCUT2D eigenvalue weighted by atomic mass is 35.5. The van der Waals surface area contributed by atoms with Gasteiger partial charge in [0.15, 0.2) is 0 Å². The van der Waals surface area contributed by atoms with E-state index < -0.39 is 0 Å². The van der Waals surface area contributed by atoms with Gasteiger partial charge in [0, 0.05) is 16.7 Å². The molecular weight excluding hydrogens is 424 g/mol. The van der Waals surface area contributed by atoms with Crippen molar-refractivity contribution in [1.82, 2.24) is 9.38 Å². The second-order valence-electron chi connectivity index (χ2n) is 8.79. The van der Waals surface area contributed by atoms with E-state index in [4.69, 9.17) is 16.6 Å². The van der Waals surface area contributed by atoms with Crippen molar-refractivity contribution in [2.24, 2.45) is 0 Å². The first-order valence-corrected chi connectivity index (χ1v) is 11.6. The summed E-state index contributed by atoms with van der Waals surface area (Å²) in [5.74, 6) is 0. The maximum absolute atomic E-state index is 6.89. The molecule has 3 aromatic heterocycles. The molecule has 160 valence electrons. The van der Waals surface area contributed by atoms with Crippen LogP contribution in [0, 0.1) is 20.8 Å². The number of hydrogen-bond acceptors (Lipinski definition) is 1. The molecule has 0 saturated heterocycles. The van der Waals surface area contributed by atoms with E-state index in [2.05, 4.69) is 98.0 Å². The zero-order chi connectivity index (χ0) is 22.7. The fraction of sp³-hybridized carbons (Fsp3) is 0.100. The quantitative estimate of drug-likeness (QED) is 0.266. The summed E-state index contributed by atoms with van der Waals surface area (Å²) in [6.07, 6.45) is 0. The lowest BCUT2D eigenvalue weighted by molar-refractivity contribution is 1.29. The van der Waals surface area contributed by atoms with Crippen LogP contribution in [0.15, 0.2) is 84.9 Å². The van der Waals surface area contributed by atoms with Crippen LogP contribution < -0.4 is 0 Å². The molecule has 0 unspecified atom stereocenters. The molecule has 6 rings (SSSR count). The number of benzene rings is 3. The third kappa shape index (κ3) is 2.98. The molecule has 0 bridgehead atoms. The maximum atomic E-state index is 6.89. The van der Waals surface area contributed by atoms with Gasteiger partial charge in [-0.05, 0) is 55.2 Å². The Hall–Kier alpha value is -3.62. The van der Waals surface area contributed by atoms with Crippen LogP contribution in [0.5, 0.6) is 0 Å². The molecule has 0 amide bonds. The predicted molar refractivity (Wildman–Crippen MR) is 139 cm³/mol. The molecule has 0 N–H and O–H groups in total. The van der Waals surface area contributed by atoms with Crippen LogP contribution in [-0.2, 0) is 0 Å². The van der Waals surface area contributed by atoms with Gasteiger partial charge in [0.05, 0.1) is 21.7 Å². The number of nitrogens with zero attached hydrogens (tertiary/aromatic N) is 2. The lowest BCUT2D eigenvalue weighted by Gasteiger charge is -2.11. The summed E-state index contributed by atoms with van der Waals surface area (Å²) in [5, 5.41) is 0.731. The van der Waals surface area contributed by atoms with Gasteiger partial charge >= 0.3 is 0 Å². The second kappa shape index (κ2) is 7.47. The van der Waals surface area contributed by atoms with Crippen molar-refractivity contribution in [3.05, 3.63) is 107 Å². The molecule has 3 heterocycles. The minimum Gasteiger partial charge on any atom is -0.290 e. The fourth-order valence-corrected chi connectivity index (χ4v) is 5.55. The van der Waals surface area contributed by atoms with E-state index in [0.717, 1.165) is 44.1 Å². The molecule has 0 saturated carbocycles. The van der Waals surface area contributed by atoms with Gasteiger partial charge in [-0.3, -0.25) is 4.40 Å². The van der Waals surface area contributed by atoms with Crippen LogP contribution in [0.3, 0.4) is 0 Å². The molecule has 6 aromatic rings. The van der Waals surface area contributed by atoms with E-state index in [0.29, 0.717) is 0 Å². The smallest absolute Gasteiger partial charge is 0.138 e. The van der Waals surface area contributed by atoms with Crippen LogP contribution in [0.4, 0.5) is 0 Å². The summed E-state index contributed by atoms with van der Waals surface area (Å²) < 4.78 is 2.25. The minimum absolute atomic E-state index is 0.731.